The maximum Gasteiger partial charge on any atom is 0.255 e. The highest BCUT2D eigenvalue weighted by Gasteiger charge is 2.35. The third kappa shape index (κ3) is 2.20. The van der Waals surface area contributed by atoms with Crippen molar-refractivity contribution in [2.75, 3.05) is 6.54 Å². The molecule has 1 aromatic heterocycles. The van der Waals surface area contributed by atoms with Crippen LogP contribution in [0.25, 0.3) is 0 Å². The first kappa shape index (κ1) is 11.4. The summed E-state index contributed by atoms with van der Waals surface area (Å²) in [4.78, 5) is 14.2. The van der Waals surface area contributed by atoms with Crippen molar-refractivity contribution >= 4 is 39.8 Å². The first-order valence-electron chi connectivity index (χ1n) is 5.07. The Bertz CT molecular complexity index is 386. The van der Waals surface area contributed by atoms with Gasteiger partial charge in [0.2, 0.25) is 0 Å². The second kappa shape index (κ2) is 4.05. The minimum absolute atomic E-state index is 0.0322. The zero-order valence-corrected chi connectivity index (χ0v) is 11.9. The molecule has 0 aromatic carbocycles. The van der Waals surface area contributed by atoms with Crippen molar-refractivity contribution in [1.82, 2.24) is 4.90 Å². The SMILES string of the molecule is CC1(C)CCCN1C(=O)c1csc(I)c1. The summed E-state index contributed by atoms with van der Waals surface area (Å²) in [7, 11) is 0. The Morgan fingerprint density at radius 1 is 1.60 bits per heavy atom. The quantitative estimate of drug-likeness (QED) is 0.721. The molecule has 0 radical (unpaired) electrons. The number of likely N-dealkylation sites (tertiary alicyclic amines) is 1. The van der Waals surface area contributed by atoms with Crippen LogP contribution in [-0.2, 0) is 0 Å². The molecule has 2 heterocycles. The van der Waals surface area contributed by atoms with E-state index in [0.717, 1.165) is 24.9 Å². The van der Waals surface area contributed by atoms with E-state index >= 15 is 0 Å². The highest BCUT2D eigenvalue weighted by molar-refractivity contribution is 14.1. The molecule has 1 aliphatic heterocycles. The zero-order chi connectivity index (χ0) is 11.1. The fourth-order valence-corrected chi connectivity index (χ4v) is 3.38. The van der Waals surface area contributed by atoms with Crippen LogP contribution in [0.1, 0.15) is 37.0 Å². The molecule has 0 bridgehead atoms. The Kier molecular flexibility index (Phi) is 3.07. The average molecular weight is 335 g/mol. The summed E-state index contributed by atoms with van der Waals surface area (Å²) in [6.07, 6.45) is 2.24. The molecule has 0 unspecified atom stereocenters. The smallest absolute Gasteiger partial charge is 0.255 e. The molecule has 1 saturated heterocycles. The second-order valence-corrected chi connectivity index (χ2v) is 7.32. The van der Waals surface area contributed by atoms with Crippen molar-refractivity contribution in [3.8, 4) is 0 Å². The summed E-state index contributed by atoms with van der Waals surface area (Å²) in [6.45, 7) is 5.20. The van der Waals surface area contributed by atoms with Crippen molar-refractivity contribution in [3.63, 3.8) is 0 Å². The summed E-state index contributed by atoms with van der Waals surface area (Å²) in [5.41, 5.74) is 0.879. The van der Waals surface area contributed by atoms with Crippen LogP contribution in [0.4, 0.5) is 0 Å². The number of halogens is 1. The lowest BCUT2D eigenvalue weighted by molar-refractivity contribution is 0.0652. The largest absolute Gasteiger partial charge is 0.334 e. The van der Waals surface area contributed by atoms with Crippen LogP contribution in [0, 0.1) is 2.88 Å². The summed E-state index contributed by atoms with van der Waals surface area (Å²) in [5.74, 6) is 0.191. The number of hydrogen-bond donors (Lipinski definition) is 0. The van der Waals surface area contributed by atoms with Gasteiger partial charge in [0.1, 0.15) is 0 Å². The molecule has 1 aliphatic rings. The number of carbonyl (C=O) groups excluding carboxylic acids is 1. The summed E-state index contributed by atoms with van der Waals surface area (Å²) < 4.78 is 1.17. The van der Waals surface area contributed by atoms with Gasteiger partial charge < -0.3 is 4.90 Å². The van der Waals surface area contributed by atoms with Crippen LogP contribution in [0.3, 0.4) is 0 Å². The standard InChI is InChI=1S/C11H14INOS/c1-11(2)4-3-5-13(11)10(14)8-6-9(12)15-7-8/h6-7H,3-5H2,1-2H3. The summed E-state index contributed by atoms with van der Waals surface area (Å²) in [5, 5.41) is 1.96. The van der Waals surface area contributed by atoms with Crippen LogP contribution in [0.5, 0.6) is 0 Å². The molecular formula is C11H14INOS. The first-order valence-corrected chi connectivity index (χ1v) is 7.02. The maximum absolute atomic E-state index is 12.2. The molecule has 1 fully saturated rings. The zero-order valence-electron chi connectivity index (χ0n) is 8.92. The molecule has 1 amide bonds. The third-order valence-electron chi connectivity index (χ3n) is 2.96. The number of hydrogen-bond acceptors (Lipinski definition) is 2. The van der Waals surface area contributed by atoms with E-state index in [1.807, 2.05) is 16.3 Å². The van der Waals surface area contributed by atoms with E-state index in [1.54, 1.807) is 11.3 Å². The van der Waals surface area contributed by atoms with Gasteiger partial charge in [-0.25, -0.2) is 0 Å². The van der Waals surface area contributed by atoms with Gasteiger partial charge in [-0.05, 0) is 55.3 Å². The molecule has 15 heavy (non-hydrogen) atoms. The second-order valence-electron chi connectivity index (χ2n) is 4.51. The van der Waals surface area contributed by atoms with Crippen molar-refractivity contribution in [1.29, 1.82) is 0 Å². The van der Waals surface area contributed by atoms with Gasteiger partial charge in [0.05, 0.1) is 8.45 Å². The molecule has 0 aliphatic carbocycles. The molecule has 0 saturated carbocycles. The van der Waals surface area contributed by atoms with Crippen LogP contribution in [0.2, 0.25) is 0 Å². The molecule has 0 spiro atoms. The van der Waals surface area contributed by atoms with E-state index in [0.29, 0.717) is 0 Å². The topological polar surface area (TPSA) is 20.3 Å². The predicted molar refractivity (Wildman–Crippen MR) is 71.4 cm³/mol. The van der Waals surface area contributed by atoms with Gasteiger partial charge in [-0.2, -0.15) is 0 Å². The predicted octanol–water partition coefficient (Wildman–Crippen LogP) is 3.37. The Morgan fingerprint density at radius 3 is 2.80 bits per heavy atom. The highest BCUT2D eigenvalue weighted by Crippen LogP contribution is 2.30. The van der Waals surface area contributed by atoms with E-state index in [4.69, 9.17) is 0 Å². The molecular weight excluding hydrogens is 321 g/mol. The fourth-order valence-electron chi connectivity index (χ4n) is 2.06. The maximum atomic E-state index is 12.2. The van der Waals surface area contributed by atoms with Crippen LogP contribution < -0.4 is 0 Å². The van der Waals surface area contributed by atoms with Gasteiger partial charge in [0.25, 0.3) is 5.91 Å². The Hall–Kier alpha value is -0.100. The molecule has 2 nitrogen and oxygen atoms in total. The lowest BCUT2D eigenvalue weighted by Gasteiger charge is -2.31. The normalized spacial score (nSPS) is 19.5. The highest BCUT2D eigenvalue weighted by atomic mass is 127. The Labute approximate surface area is 108 Å². The van der Waals surface area contributed by atoms with Crippen LogP contribution in [0.15, 0.2) is 11.4 Å². The van der Waals surface area contributed by atoms with Crippen LogP contribution in [-0.4, -0.2) is 22.9 Å². The average Bonchev–Trinajstić information content (AvgIpc) is 2.70. The monoisotopic (exact) mass is 335 g/mol. The van der Waals surface area contributed by atoms with E-state index in [9.17, 15) is 4.79 Å². The number of thiophene rings is 1. The van der Waals surface area contributed by atoms with Gasteiger partial charge in [0, 0.05) is 17.5 Å². The van der Waals surface area contributed by atoms with Crippen molar-refractivity contribution in [2.24, 2.45) is 0 Å². The summed E-state index contributed by atoms with van der Waals surface area (Å²) >= 11 is 3.88. The van der Waals surface area contributed by atoms with E-state index in [1.165, 1.54) is 2.88 Å². The van der Waals surface area contributed by atoms with E-state index in [-0.39, 0.29) is 11.4 Å². The molecule has 2 rings (SSSR count). The lowest BCUT2D eigenvalue weighted by atomic mass is 10.0. The number of rotatable bonds is 1. The molecule has 1 aromatic rings. The van der Waals surface area contributed by atoms with Gasteiger partial charge in [-0.1, -0.05) is 0 Å². The molecule has 0 N–H and O–H groups in total. The van der Waals surface area contributed by atoms with Crippen molar-refractivity contribution in [2.45, 2.75) is 32.2 Å². The minimum atomic E-state index is 0.0322. The van der Waals surface area contributed by atoms with Crippen molar-refractivity contribution in [3.05, 3.63) is 19.9 Å². The van der Waals surface area contributed by atoms with E-state index < -0.39 is 0 Å². The van der Waals surface area contributed by atoms with Gasteiger partial charge >= 0.3 is 0 Å². The Morgan fingerprint density at radius 2 is 2.33 bits per heavy atom. The number of nitrogens with zero attached hydrogens (tertiary/aromatic N) is 1. The van der Waals surface area contributed by atoms with Gasteiger partial charge in [-0.15, -0.1) is 11.3 Å². The molecule has 4 heteroatoms. The first-order chi connectivity index (χ1) is 7.00. The number of amides is 1. The van der Waals surface area contributed by atoms with E-state index in [2.05, 4.69) is 36.4 Å². The summed E-state index contributed by atoms with van der Waals surface area (Å²) in [6, 6.07) is 1.97. The van der Waals surface area contributed by atoms with Gasteiger partial charge in [-0.3, -0.25) is 4.79 Å². The molecule has 0 atom stereocenters. The Balaban J connectivity index is 2.21. The third-order valence-corrected chi connectivity index (χ3v) is 4.75. The van der Waals surface area contributed by atoms with Crippen LogP contribution >= 0.6 is 33.9 Å². The lowest BCUT2D eigenvalue weighted by Crippen LogP contribution is -2.42. The minimum Gasteiger partial charge on any atom is -0.334 e. The number of carbonyl (C=O) groups is 1. The fraction of sp³-hybridized carbons (Fsp3) is 0.545. The molecule has 82 valence electrons. The van der Waals surface area contributed by atoms with Gasteiger partial charge in [0.15, 0.2) is 0 Å². The van der Waals surface area contributed by atoms with Crippen molar-refractivity contribution < 1.29 is 4.79 Å².